The maximum absolute atomic E-state index is 12.4. The van der Waals surface area contributed by atoms with E-state index in [0.29, 0.717) is 29.3 Å². The molecule has 0 aromatic heterocycles. The Morgan fingerprint density at radius 2 is 1.70 bits per heavy atom. The van der Waals surface area contributed by atoms with Gasteiger partial charge in [0.2, 0.25) is 0 Å². The highest BCUT2D eigenvalue weighted by Crippen LogP contribution is 2.40. The zero-order valence-electron chi connectivity index (χ0n) is 18.7. The van der Waals surface area contributed by atoms with Crippen LogP contribution in [0.1, 0.15) is 51.0 Å². The monoisotopic (exact) mass is 482 g/mol. The lowest BCUT2D eigenvalue weighted by atomic mass is 9.90. The van der Waals surface area contributed by atoms with E-state index in [-0.39, 0.29) is 23.8 Å². The summed E-state index contributed by atoms with van der Waals surface area (Å²) in [6.07, 6.45) is 1.42. The number of hydrogen-bond donors (Lipinski definition) is 1. The number of nitrogens with one attached hydrogen (secondary N) is 1. The third-order valence-corrected chi connectivity index (χ3v) is 5.12. The molecule has 1 atom stereocenters. The molecule has 0 amide bonds. The van der Waals surface area contributed by atoms with Crippen molar-refractivity contribution in [1.29, 1.82) is 0 Å². The normalized spacial score (nSPS) is 15.6. The molecule has 1 N–H and O–H groups in total. The van der Waals surface area contributed by atoms with Crippen LogP contribution in [0.4, 0.5) is 15.3 Å². The Kier molecular flexibility index (Phi) is 9.99. The molecule has 0 aliphatic carbocycles. The van der Waals surface area contributed by atoms with E-state index >= 15 is 0 Å². The van der Waals surface area contributed by atoms with Gasteiger partial charge in [0.25, 0.3) is 5.69 Å². The van der Waals surface area contributed by atoms with Gasteiger partial charge in [-0.25, -0.2) is 9.59 Å². The third kappa shape index (κ3) is 7.38. The van der Waals surface area contributed by atoms with Crippen LogP contribution < -0.4 is 5.32 Å². The van der Waals surface area contributed by atoms with E-state index < -0.39 is 23.2 Å². The van der Waals surface area contributed by atoms with Crippen molar-refractivity contribution in [2.75, 3.05) is 19.6 Å². The number of dihydropyridines is 1. The van der Waals surface area contributed by atoms with Gasteiger partial charge in [0, 0.05) is 18.0 Å². The van der Waals surface area contributed by atoms with Crippen molar-refractivity contribution in [3.63, 3.8) is 0 Å². The van der Waals surface area contributed by atoms with Crippen LogP contribution in [-0.2, 0) is 18.9 Å². The minimum Gasteiger partial charge on any atom is -0.437 e. The summed E-state index contributed by atoms with van der Waals surface area (Å²) in [6, 6.07) is 5.75. The van der Waals surface area contributed by atoms with Crippen molar-refractivity contribution in [3.05, 3.63) is 62.9 Å². The molecule has 1 aliphatic heterocycles. The Hall–Kier alpha value is -3.27. The summed E-state index contributed by atoms with van der Waals surface area (Å²) in [4.78, 5) is 35.0. The van der Waals surface area contributed by atoms with Crippen LogP contribution in [0.25, 0.3) is 0 Å². The predicted octanol–water partition coefficient (Wildman–Crippen LogP) is 5.48. The van der Waals surface area contributed by atoms with Crippen molar-refractivity contribution in [1.82, 2.24) is 5.32 Å². The SMILES string of the molecule is COC(=O)OC1=C(C)NC(C)=C(OC(=O)OCCCCCCCl)C1c1cccc([N+](=O)[O-])c1. The fourth-order valence-electron chi connectivity index (χ4n) is 3.30. The zero-order chi connectivity index (χ0) is 24.4. The highest BCUT2D eigenvalue weighted by atomic mass is 35.5. The quantitative estimate of drug-likeness (QED) is 0.151. The Bertz CT molecular complexity index is 944. The maximum Gasteiger partial charge on any atom is 0.513 e. The van der Waals surface area contributed by atoms with Gasteiger partial charge >= 0.3 is 12.3 Å². The van der Waals surface area contributed by atoms with E-state index in [9.17, 15) is 19.7 Å². The molecular formula is C22H27ClN2O8. The largest absolute Gasteiger partial charge is 0.513 e. The number of carbonyl (C=O) groups is 2. The number of hydrogen-bond acceptors (Lipinski definition) is 9. The molecule has 1 unspecified atom stereocenters. The van der Waals surface area contributed by atoms with Crippen LogP contribution in [0.2, 0.25) is 0 Å². The molecule has 33 heavy (non-hydrogen) atoms. The Morgan fingerprint density at radius 3 is 2.30 bits per heavy atom. The van der Waals surface area contributed by atoms with E-state index in [1.165, 1.54) is 18.2 Å². The molecule has 0 radical (unpaired) electrons. The first-order valence-corrected chi connectivity index (χ1v) is 10.9. The molecule has 2 rings (SSSR count). The van der Waals surface area contributed by atoms with Gasteiger partial charge in [-0.3, -0.25) is 10.1 Å². The highest BCUT2D eigenvalue weighted by Gasteiger charge is 2.36. The van der Waals surface area contributed by atoms with Crippen molar-refractivity contribution in [3.8, 4) is 0 Å². The number of non-ortho nitro benzene ring substituents is 1. The summed E-state index contributed by atoms with van der Waals surface area (Å²) in [5, 5.41) is 14.3. The van der Waals surface area contributed by atoms with Gasteiger partial charge in [-0.15, -0.1) is 11.6 Å². The van der Waals surface area contributed by atoms with Crippen LogP contribution in [0.5, 0.6) is 0 Å². The summed E-state index contributed by atoms with van der Waals surface area (Å²) in [7, 11) is 1.15. The minimum atomic E-state index is -0.986. The predicted molar refractivity (Wildman–Crippen MR) is 119 cm³/mol. The number of alkyl halides is 1. The standard InChI is InChI=1S/C22H27ClN2O8/c1-14-19(32-21(26)30-3)18(16-9-8-10-17(13-16)25(28)29)20(15(2)24-14)33-22(27)31-12-7-5-4-6-11-23/h8-10,13,18,24H,4-7,11-12H2,1-3H3. The number of nitrogens with zero attached hydrogens (tertiary/aromatic N) is 1. The Morgan fingerprint density at radius 1 is 1.06 bits per heavy atom. The lowest BCUT2D eigenvalue weighted by molar-refractivity contribution is -0.384. The van der Waals surface area contributed by atoms with Gasteiger partial charge in [0.1, 0.15) is 17.4 Å². The summed E-state index contributed by atoms with van der Waals surface area (Å²) in [5.41, 5.74) is 1.12. The second-order valence-electron chi connectivity index (χ2n) is 7.25. The minimum absolute atomic E-state index is 0.0804. The number of nitro groups is 1. The van der Waals surface area contributed by atoms with E-state index in [4.69, 9.17) is 25.8 Å². The van der Waals surface area contributed by atoms with Gasteiger partial charge in [-0.2, -0.15) is 0 Å². The molecular weight excluding hydrogens is 456 g/mol. The maximum atomic E-state index is 12.4. The third-order valence-electron chi connectivity index (χ3n) is 4.85. The summed E-state index contributed by atoms with van der Waals surface area (Å²) in [5.74, 6) is -0.170. The first kappa shape index (κ1) is 26.0. The van der Waals surface area contributed by atoms with E-state index in [0.717, 1.165) is 26.4 Å². The van der Waals surface area contributed by atoms with Crippen molar-refractivity contribution in [2.24, 2.45) is 0 Å². The lowest BCUT2D eigenvalue weighted by Crippen LogP contribution is -2.29. The molecule has 1 aliphatic rings. The fourth-order valence-corrected chi connectivity index (χ4v) is 3.49. The number of carbonyl (C=O) groups excluding carboxylic acids is 2. The fraction of sp³-hybridized carbons (Fsp3) is 0.455. The second-order valence-corrected chi connectivity index (χ2v) is 7.63. The van der Waals surface area contributed by atoms with E-state index in [1.54, 1.807) is 19.9 Å². The molecule has 0 spiro atoms. The van der Waals surface area contributed by atoms with Crippen molar-refractivity contribution >= 4 is 29.6 Å². The number of unbranched alkanes of at least 4 members (excludes halogenated alkanes) is 3. The molecule has 0 bridgehead atoms. The molecule has 10 nitrogen and oxygen atoms in total. The van der Waals surface area contributed by atoms with E-state index in [1.807, 2.05) is 0 Å². The van der Waals surface area contributed by atoms with Crippen LogP contribution in [-0.4, -0.2) is 36.8 Å². The molecule has 1 aromatic rings. The smallest absolute Gasteiger partial charge is 0.437 e. The average Bonchev–Trinajstić information content (AvgIpc) is 2.79. The highest BCUT2D eigenvalue weighted by molar-refractivity contribution is 6.17. The number of methoxy groups -OCH3 is 1. The van der Waals surface area contributed by atoms with Crippen LogP contribution in [0.15, 0.2) is 47.2 Å². The molecule has 11 heteroatoms. The molecule has 180 valence electrons. The number of rotatable bonds is 10. The van der Waals surface area contributed by atoms with Crippen molar-refractivity contribution < 1.29 is 33.5 Å². The summed E-state index contributed by atoms with van der Waals surface area (Å²) < 4.78 is 20.6. The molecule has 1 aromatic carbocycles. The van der Waals surface area contributed by atoms with E-state index in [2.05, 4.69) is 10.1 Å². The number of ether oxygens (including phenoxy) is 4. The van der Waals surface area contributed by atoms with Crippen LogP contribution in [0.3, 0.4) is 0 Å². The molecule has 0 saturated carbocycles. The first-order chi connectivity index (χ1) is 15.8. The van der Waals surface area contributed by atoms with Gasteiger partial charge < -0.3 is 24.3 Å². The van der Waals surface area contributed by atoms with Crippen molar-refractivity contribution in [2.45, 2.75) is 45.4 Å². The molecule has 0 saturated heterocycles. The number of nitro benzene ring substituents is 1. The Balaban J connectivity index is 2.29. The van der Waals surface area contributed by atoms with Gasteiger partial charge in [-0.1, -0.05) is 25.0 Å². The second kappa shape index (κ2) is 12.7. The van der Waals surface area contributed by atoms with Crippen LogP contribution in [0, 0.1) is 10.1 Å². The summed E-state index contributed by atoms with van der Waals surface area (Å²) >= 11 is 5.64. The summed E-state index contributed by atoms with van der Waals surface area (Å²) in [6.45, 7) is 3.49. The number of halogens is 1. The molecule has 1 heterocycles. The number of allylic oxidation sites excluding steroid dienone is 2. The Labute approximate surface area is 196 Å². The number of benzene rings is 1. The van der Waals surface area contributed by atoms with Crippen LogP contribution >= 0.6 is 11.6 Å². The zero-order valence-corrected chi connectivity index (χ0v) is 19.5. The first-order valence-electron chi connectivity index (χ1n) is 10.4. The topological polar surface area (TPSA) is 126 Å². The average molecular weight is 483 g/mol. The lowest BCUT2D eigenvalue weighted by Gasteiger charge is -2.30. The van der Waals surface area contributed by atoms with Gasteiger partial charge in [0.05, 0.1) is 30.0 Å². The van der Waals surface area contributed by atoms with Gasteiger partial charge in [0.15, 0.2) is 0 Å². The molecule has 0 fully saturated rings. The van der Waals surface area contributed by atoms with Gasteiger partial charge in [-0.05, 0) is 32.3 Å².